The predicted octanol–water partition coefficient (Wildman–Crippen LogP) is 10.2. The molecule has 0 atom stereocenters. The van der Waals surface area contributed by atoms with Crippen molar-refractivity contribution in [1.29, 1.82) is 0 Å². The average Bonchev–Trinajstić information content (AvgIpc) is 3.29. The van der Waals surface area contributed by atoms with E-state index in [1.54, 1.807) is 0 Å². The number of fused-ring (bicyclic) bond motifs is 3. The van der Waals surface area contributed by atoms with Crippen molar-refractivity contribution in [3.05, 3.63) is 185 Å². The maximum Gasteiger partial charge on any atom is 0.0714 e. The Labute approximate surface area is 234 Å². The van der Waals surface area contributed by atoms with Gasteiger partial charge in [-0.1, -0.05) is 121 Å². The lowest BCUT2D eigenvalue weighted by molar-refractivity contribution is 0.768. The molecule has 2 heteroatoms. The molecule has 39 heavy (non-hydrogen) atoms. The molecule has 0 unspecified atom stereocenters. The van der Waals surface area contributed by atoms with E-state index in [0.29, 0.717) is 0 Å². The van der Waals surface area contributed by atoms with E-state index >= 15 is 0 Å². The smallest absolute Gasteiger partial charge is 0.0714 e. The summed E-state index contributed by atoms with van der Waals surface area (Å²) in [5.74, 6) is 0. The van der Waals surface area contributed by atoms with Gasteiger partial charge in [0.2, 0.25) is 0 Å². The van der Waals surface area contributed by atoms with Crippen LogP contribution in [0.2, 0.25) is 5.02 Å². The van der Waals surface area contributed by atoms with Gasteiger partial charge in [-0.15, -0.1) is 0 Å². The third kappa shape index (κ3) is 3.78. The quantitative estimate of drug-likeness (QED) is 0.218. The van der Waals surface area contributed by atoms with Crippen molar-refractivity contribution in [3.8, 4) is 11.1 Å². The Kier molecular flexibility index (Phi) is 5.80. The van der Waals surface area contributed by atoms with Crippen molar-refractivity contribution in [1.82, 2.24) is 0 Å². The summed E-state index contributed by atoms with van der Waals surface area (Å²) >= 11 is 6.70. The van der Waals surface area contributed by atoms with E-state index in [4.69, 9.17) is 11.6 Å². The summed E-state index contributed by atoms with van der Waals surface area (Å²) in [5.41, 5.74) is 10.3. The first-order valence-corrected chi connectivity index (χ1v) is 13.6. The van der Waals surface area contributed by atoms with Gasteiger partial charge in [0.15, 0.2) is 0 Å². The second-order valence-electron chi connectivity index (χ2n) is 9.91. The van der Waals surface area contributed by atoms with E-state index < -0.39 is 5.41 Å². The van der Waals surface area contributed by atoms with Gasteiger partial charge in [-0.05, 0) is 81.9 Å². The summed E-state index contributed by atoms with van der Waals surface area (Å²) in [7, 11) is 0. The molecule has 0 spiro atoms. The van der Waals surface area contributed by atoms with Crippen LogP contribution >= 0.6 is 11.6 Å². The number of hydrogen-bond acceptors (Lipinski definition) is 1. The molecule has 0 radical (unpaired) electrons. The maximum absolute atomic E-state index is 6.70. The Bertz CT molecular complexity index is 1670. The highest BCUT2D eigenvalue weighted by atomic mass is 35.5. The Morgan fingerprint density at radius 2 is 0.923 bits per heavy atom. The summed E-state index contributed by atoms with van der Waals surface area (Å²) in [5, 5.41) is 0.744. The molecule has 1 nitrogen and oxygen atoms in total. The van der Waals surface area contributed by atoms with E-state index in [2.05, 4.69) is 157 Å². The molecule has 1 aliphatic carbocycles. The summed E-state index contributed by atoms with van der Waals surface area (Å²) in [6.07, 6.45) is 0. The molecule has 0 heterocycles. The number of hydrogen-bond donors (Lipinski definition) is 0. The number of benzene rings is 6. The molecule has 0 saturated carbocycles. The van der Waals surface area contributed by atoms with Crippen LogP contribution in [0.1, 0.15) is 22.3 Å². The van der Waals surface area contributed by atoms with E-state index in [9.17, 15) is 0 Å². The lowest BCUT2D eigenvalue weighted by Crippen LogP contribution is -2.28. The molecule has 6 aromatic carbocycles. The molecular formula is C37H26ClN. The van der Waals surface area contributed by atoms with E-state index in [1.807, 2.05) is 6.07 Å². The first-order chi connectivity index (χ1) is 19.3. The molecule has 186 valence electrons. The third-order valence-electron chi connectivity index (χ3n) is 7.78. The fourth-order valence-corrected chi connectivity index (χ4v) is 6.37. The standard InChI is InChI=1S/C37H26ClN/c38-29-21-23-33-34-26-32(39(30-17-9-3-10-18-30)31-19-11-4-12-20-31)22-24-35(34)37(36(33)25-29,27-13-5-1-6-14-27)28-15-7-2-8-16-28/h1-26H. The molecule has 1 aliphatic rings. The van der Waals surface area contributed by atoms with Gasteiger partial charge in [0.1, 0.15) is 0 Å². The predicted molar refractivity (Wildman–Crippen MR) is 163 cm³/mol. The molecule has 0 N–H and O–H groups in total. The molecule has 6 aromatic rings. The van der Waals surface area contributed by atoms with Crippen LogP contribution < -0.4 is 4.90 Å². The van der Waals surface area contributed by atoms with Crippen molar-refractivity contribution in [3.63, 3.8) is 0 Å². The maximum atomic E-state index is 6.70. The topological polar surface area (TPSA) is 3.24 Å². The third-order valence-corrected chi connectivity index (χ3v) is 8.02. The first kappa shape index (κ1) is 23.5. The lowest BCUT2D eigenvalue weighted by Gasteiger charge is -2.34. The Hall–Kier alpha value is -4.59. The minimum absolute atomic E-state index is 0.471. The van der Waals surface area contributed by atoms with E-state index in [-0.39, 0.29) is 0 Å². The molecule has 0 fully saturated rings. The fraction of sp³-hybridized carbons (Fsp3) is 0.0270. The highest BCUT2D eigenvalue weighted by Crippen LogP contribution is 2.57. The van der Waals surface area contributed by atoms with Crippen molar-refractivity contribution in [2.75, 3.05) is 4.90 Å². The van der Waals surface area contributed by atoms with Crippen LogP contribution in [-0.4, -0.2) is 0 Å². The van der Waals surface area contributed by atoms with Crippen LogP contribution in [-0.2, 0) is 5.41 Å². The van der Waals surface area contributed by atoms with Gasteiger partial charge in [-0.2, -0.15) is 0 Å². The van der Waals surface area contributed by atoms with Gasteiger partial charge in [0, 0.05) is 22.1 Å². The first-order valence-electron chi connectivity index (χ1n) is 13.2. The second kappa shape index (κ2) is 9.62. The lowest BCUT2D eigenvalue weighted by atomic mass is 9.68. The molecular weight excluding hydrogens is 494 g/mol. The normalized spacial score (nSPS) is 12.9. The van der Waals surface area contributed by atoms with Crippen LogP contribution in [0.25, 0.3) is 11.1 Å². The number of halogens is 1. The zero-order valence-corrected chi connectivity index (χ0v) is 22.1. The van der Waals surface area contributed by atoms with Crippen LogP contribution in [0.3, 0.4) is 0 Å². The number of anilines is 3. The van der Waals surface area contributed by atoms with Crippen LogP contribution in [0.4, 0.5) is 17.1 Å². The number of rotatable bonds is 5. The molecule has 0 aromatic heterocycles. The van der Waals surface area contributed by atoms with Crippen LogP contribution in [0, 0.1) is 0 Å². The highest BCUT2D eigenvalue weighted by Gasteiger charge is 2.46. The minimum Gasteiger partial charge on any atom is -0.310 e. The van der Waals surface area contributed by atoms with Crippen LogP contribution in [0.5, 0.6) is 0 Å². The molecule has 7 rings (SSSR count). The minimum atomic E-state index is -0.471. The Balaban J connectivity index is 1.53. The largest absolute Gasteiger partial charge is 0.310 e. The van der Waals surface area contributed by atoms with E-state index in [0.717, 1.165) is 22.1 Å². The van der Waals surface area contributed by atoms with Gasteiger partial charge in [0.05, 0.1) is 5.41 Å². The van der Waals surface area contributed by atoms with Gasteiger partial charge < -0.3 is 4.90 Å². The second-order valence-corrected chi connectivity index (χ2v) is 10.3. The highest BCUT2D eigenvalue weighted by molar-refractivity contribution is 6.30. The van der Waals surface area contributed by atoms with Crippen molar-refractivity contribution in [2.45, 2.75) is 5.41 Å². The summed E-state index contributed by atoms with van der Waals surface area (Å²) in [6.45, 7) is 0. The van der Waals surface area contributed by atoms with Crippen molar-refractivity contribution in [2.24, 2.45) is 0 Å². The summed E-state index contributed by atoms with van der Waals surface area (Å²) in [6, 6.07) is 56.0. The van der Waals surface area contributed by atoms with Gasteiger partial charge in [-0.25, -0.2) is 0 Å². The van der Waals surface area contributed by atoms with Crippen molar-refractivity contribution < 1.29 is 0 Å². The van der Waals surface area contributed by atoms with Gasteiger partial charge >= 0.3 is 0 Å². The monoisotopic (exact) mass is 519 g/mol. The zero-order chi connectivity index (χ0) is 26.2. The molecule has 0 aliphatic heterocycles. The molecule has 0 bridgehead atoms. The fourth-order valence-electron chi connectivity index (χ4n) is 6.19. The summed E-state index contributed by atoms with van der Waals surface area (Å²) < 4.78 is 0. The van der Waals surface area contributed by atoms with Gasteiger partial charge in [0.25, 0.3) is 0 Å². The molecule has 0 saturated heterocycles. The summed E-state index contributed by atoms with van der Waals surface area (Å²) in [4.78, 5) is 2.32. The van der Waals surface area contributed by atoms with Gasteiger partial charge in [-0.3, -0.25) is 0 Å². The Morgan fingerprint density at radius 3 is 1.46 bits per heavy atom. The van der Waals surface area contributed by atoms with Crippen LogP contribution in [0.15, 0.2) is 158 Å². The average molecular weight is 520 g/mol. The number of nitrogens with zero attached hydrogens (tertiary/aromatic N) is 1. The Morgan fingerprint density at radius 1 is 0.410 bits per heavy atom. The zero-order valence-electron chi connectivity index (χ0n) is 21.3. The molecule has 0 amide bonds. The van der Waals surface area contributed by atoms with Crippen molar-refractivity contribution >= 4 is 28.7 Å². The number of para-hydroxylation sites is 2. The SMILES string of the molecule is Clc1ccc2c(c1)C(c1ccccc1)(c1ccccc1)c1ccc(N(c3ccccc3)c3ccccc3)cc1-2. The van der Waals surface area contributed by atoms with E-state index in [1.165, 1.54) is 33.4 Å².